The number of nitrogens with one attached hydrogen (secondary N) is 1. The first kappa shape index (κ1) is 15.1. The minimum absolute atomic E-state index is 0.340. The molecule has 2 aliphatic rings. The third kappa shape index (κ3) is 3.85. The van der Waals surface area contributed by atoms with Gasteiger partial charge in [0.25, 0.3) is 0 Å². The molecule has 2 fully saturated rings. The highest BCUT2D eigenvalue weighted by Crippen LogP contribution is 2.39. The van der Waals surface area contributed by atoms with Crippen LogP contribution in [0.25, 0.3) is 0 Å². The van der Waals surface area contributed by atoms with Crippen molar-refractivity contribution < 1.29 is 23.9 Å². The number of amides is 1. The number of hydroxylamine groups is 1. The molecule has 0 radical (unpaired) electrons. The average molecular weight is 285 g/mol. The van der Waals surface area contributed by atoms with Crippen molar-refractivity contribution >= 4 is 12.1 Å². The highest BCUT2D eigenvalue weighted by Gasteiger charge is 2.44. The summed E-state index contributed by atoms with van der Waals surface area (Å²) in [4.78, 5) is 27.8. The molecule has 0 aromatic rings. The largest absolute Gasteiger partial charge is 0.447 e. The first-order chi connectivity index (χ1) is 9.42. The van der Waals surface area contributed by atoms with Crippen molar-refractivity contribution in [3.8, 4) is 0 Å². The summed E-state index contributed by atoms with van der Waals surface area (Å²) >= 11 is 0. The van der Waals surface area contributed by atoms with E-state index in [1.807, 2.05) is 12.4 Å². The maximum absolute atomic E-state index is 11.6. The molecular formula is C14H23NO5. The second kappa shape index (κ2) is 5.99. The lowest BCUT2D eigenvalue weighted by atomic mass is 9.90. The Morgan fingerprint density at radius 1 is 1.30 bits per heavy atom. The summed E-state index contributed by atoms with van der Waals surface area (Å²) in [5.74, 6) is -0.129. The Bertz CT molecular complexity index is 382. The summed E-state index contributed by atoms with van der Waals surface area (Å²) in [6.07, 6.45) is 3.72. The van der Waals surface area contributed by atoms with Crippen molar-refractivity contribution in [1.82, 2.24) is 5.48 Å². The standard InChI is InChI=1S/C14H23NO5/c1-4-14(2,3)12(16)20-15-13(17)18-8-9-5-6-10-11(7-9)19-10/h9-11H,4-8H2,1-3H3,(H,15,17). The van der Waals surface area contributed by atoms with E-state index in [0.29, 0.717) is 31.2 Å². The van der Waals surface area contributed by atoms with Gasteiger partial charge in [-0.2, -0.15) is 0 Å². The third-order valence-corrected chi connectivity index (χ3v) is 4.23. The lowest BCUT2D eigenvalue weighted by Crippen LogP contribution is -2.35. The van der Waals surface area contributed by atoms with Gasteiger partial charge in [0.15, 0.2) is 0 Å². The van der Waals surface area contributed by atoms with Gasteiger partial charge in [-0.05, 0) is 45.4 Å². The smallest absolute Gasteiger partial charge is 0.440 e. The van der Waals surface area contributed by atoms with Crippen LogP contribution in [0.15, 0.2) is 0 Å². The first-order valence-electron chi connectivity index (χ1n) is 7.22. The topological polar surface area (TPSA) is 77.2 Å². The maximum Gasteiger partial charge on any atom is 0.440 e. The number of fused-ring (bicyclic) bond motifs is 1. The molecule has 6 nitrogen and oxygen atoms in total. The van der Waals surface area contributed by atoms with E-state index in [-0.39, 0.29) is 0 Å². The second-order valence-corrected chi connectivity index (χ2v) is 6.22. The van der Waals surface area contributed by atoms with Gasteiger partial charge < -0.3 is 14.3 Å². The van der Waals surface area contributed by atoms with Crippen LogP contribution in [-0.4, -0.2) is 30.9 Å². The second-order valence-electron chi connectivity index (χ2n) is 6.22. The molecule has 1 amide bonds. The minimum Gasteiger partial charge on any atom is -0.447 e. The quantitative estimate of drug-likeness (QED) is 0.632. The van der Waals surface area contributed by atoms with Gasteiger partial charge >= 0.3 is 12.1 Å². The van der Waals surface area contributed by atoms with Crippen LogP contribution in [0.4, 0.5) is 4.79 Å². The molecule has 2 rings (SSSR count). The third-order valence-electron chi connectivity index (χ3n) is 4.23. The molecule has 114 valence electrons. The first-order valence-corrected chi connectivity index (χ1v) is 7.22. The fourth-order valence-corrected chi connectivity index (χ4v) is 2.23. The molecule has 3 unspecified atom stereocenters. The molecule has 1 aliphatic heterocycles. The number of ether oxygens (including phenoxy) is 2. The summed E-state index contributed by atoms with van der Waals surface area (Å²) in [6.45, 7) is 5.75. The van der Waals surface area contributed by atoms with Crippen molar-refractivity contribution in [2.45, 2.75) is 58.7 Å². The normalized spacial score (nSPS) is 28.2. The zero-order valence-corrected chi connectivity index (χ0v) is 12.3. The van der Waals surface area contributed by atoms with Gasteiger partial charge in [0, 0.05) is 0 Å². The number of rotatable bonds is 4. The molecule has 1 saturated heterocycles. The molecule has 1 heterocycles. The van der Waals surface area contributed by atoms with E-state index in [1.54, 1.807) is 13.8 Å². The highest BCUT2D eigenvalue weighted by atomic mass is 16.7. The molecular weight excluding hydrogens is 262 g/mol. The lowest BCUT2D eigenvalue weighted by molar-refractivity contribution is -0.160. The molecule has 0 spiro atoms. The van der Waals surface area contributed by atoms with Gasteiger partial charge in [-0.3, -0.25) is 0 Å². The fraction of sp³-hybridized carbons (Fsp3) is 0.857. The summed E-state index contributed by atoms with van der Waals surface area (Å²) in [5, 5.41) is 0. The van der Waals surface area contributed by atoms with Crippen LogP contribution < -0.4 is 5.48 Å². The van der Waals surface area contributed by atoms with Gasteiger partial charge in [-0.1, -0.05) is 6.92 Å². The maximum atomic E-state index is 11.6. The molecule has 3 atom stereocenters. The molecule has 0 aromatic carbocycles. The number of carbonyl (C=O) groups is 2. The van der Waals surface area contributed by atoms with Gasteiger partial charge in [0.1, 0.15) is 0 Å². The minimum atomic E-state index is -0.718. The summed E-state index contributed by atoms with van der Waals surface area (Å²) < 4.78 is 10.5. The van der Waals surface area contributed by atoms with E-state index in [0.717, 1.165) is 19.3 Å². The summed E-state index contributed by atoms with van der Waals surface area (Å²) in [6, 6.07) is 0. The fourth-order valence-electron chi connectivity index (χ4n) is 2.23. The van der Waals surface area contributed by atoms with E-state index >= 15 is 0 Å². The van der Waals surface area contributed by atoms with Gasteiger partial charge in [-0.15, -0.1) is 5.48 Å². The lowest BCUT2D eigenvalue weighted by Gasteiger charge is -2.20. The molecule has 20 heavy (non-hydrogen) atoms. The van der Waals surface area contributed by atoms with Crippen molar-refractivity contribution in [1.29, 1.82) is 0 Å². The number of hydrogen-bond acceptors (Lipinski definition) is 5. The molecule has 0 bridgehead atoms. The van der Waals surface area contributed by atoms with Crippen LogP contribution in [-0.2, 0) is 19.1 Å². The number of carbonyl (C=O) groups excluding carboxylic acids is 2. The van der Waals surface area contributed by atoms with E-state index in [9.17, 15) is 9.59 Å². The Morgan fingerprint density at radius 2 is 2.05 bits per heavy atom. The molecule has 1 N–H and O–H groups in total. The van der Waals surface area contributed by atoms with Crippen LogP contribution in [0.3, 0.4) is 0 Å². The Balaban J connectivity index is 1.61. The van der Waals surface area contributed by atoms with Crippen molar-refractivity contribution in [3.63, 3.8) is 0 Å². The Kier molecular flexibility index (Phi) is 4.52. The predicted octanol–water partition coefficient (Wildman–Crippen LogP) is 2.17. The number of hydrogen-bond donors (Lipinski definition) is 1. The van der Waals surface area contributed by atoms with E-state index < -0.39 is 17.5 Å². The summed E-state index contributed by atoms with van der Waals surface area (Å²) in [5.41, 5.74) is 1.43. The van der Waals surface area contributed by atoms with Crippen LogP contribution in [0.2, 0.25) is 0 Å². The van der Waals surface area contributed by atoms with Gasteiger partial charge in [0.2, 0.25) is 0 Å². The highest BCUT2D eigenvalue weighted by molar-refractivity contribution is 5.77. The molecule has 6 heteroatoms. The van der Waals surface area contributed by atoms with E-state index in [1.165, 1.54) is 0 Å². The monoisotopic (exact) mass is 285 g/mol. The van der Waals surface area contributed by atoms with Crippen LogP contribution in [0.1, 0.15) is 46.5 Å². The Labute approximate surface area is 119 Å². The van der Waals surface area contributed by atoms with Crippen molar-refractivity contribution in [2.75, 3.05) is 6.61 Å². The number of epoxide rings is 1. The van der Waals surface area contributed by atoms with Crippen LogP contribution in [0, 0.1) is 11.3 Å². The SMILES string of the molecule is CCC(C)(C)C(=O)ONC(=O)OCC1CCC2OC2C1. The zero-order chi connectivity index (χ0) is 14.8. The van der Waals surface area contributed by atoms with Crippen molar-refractivity contribution in [3.05, 3.63) is 0 Å². The molecule has 0 aromatic heterocycles. The van der Waals surface area contributed by atoms with Gasteiger partial charge in [-0.25, -0.2) is 9.59 Å². The van der Waals surface area contributed by atoms with Crippen LogP contribution >= 0.6 is 0 Å². The van der Waals surface area contributed by atoms with Crippen molar-refractivity contribution in [2.24, 2.45) is 11.3 Å². The summed E-state index contributed by atoms with van der Waals surface area (Å²) in [7, 11) is 0. The van der Waals surface area contributed by atoms with Gasteiger partial charge in [0.05, 0.1) is 24.2 Å². The Morgan fingerprint density at radius 3 is 2.70 bits per heavy atom. The van der Waals surface area contributed by atoms with Crippen LogP contribution in [0.5, 0.6) is 0 Å². The molecule has 1 aliphatic carbocycles. The molecule has 1 saturated carbocycles. The average Bonchev–Trinajstić information content (AvgIpc) is 3.20. The van der Waals surface area contributed by atoms with E-state index in [2.05, 4.69) is 0 Å². The van der Waals surface area contributed by atoms with E-state index in [4.69, 9.17) is 14.3 Å². The zero-order valence-electron chi connectivity index (χ0n) is 12.3. The Hall–Kier alpha value is -1.30. The predicted molar refractivity (Wildman–Crippen MR) is 70.6 cm³/mol.